The smallest absolute Gasteiger partial charge is 0.159 e. The van der Waals surface area contributed by atoms with Crippen molar-refractivity contribution in [3.8, 4) is 11.1 Å². The van der Waals surface area contributed by atoms with E-state index in [4.69, 9.17) is 0 Å². The Hall–Kier alpha value is -2.03. The fraction of sp³-hybridized carbons (Fsp3) is 0.458. The van der Waals surface area contributed by atoms with Crippen LogP contribution in [0, 0.1) is 23.5 Å². The van der Waals surface area contributed by atoms with E-state index in [0.29, 0.717) is 17.3 Å². The fourth-order valence-corrected chi connectivity index (χ4v) is 4.98. The molecule has 0 radical (unpaired) electrons. The van der Waals surface area contributed by atoms with Gasteiger partial charge in [-0.05, 0) is 85.1 Å². The first-order valence-electron chi connectivity index (χ1n) is 10.2. The number of benzene rings is 2. The molecule has 3 heteroatoms. The van der Waals surface area contributed by atoms with E-state index >= 15 is 0 Å². The number of rotatable bonds is 3. The van der Waals surface area contributed by atoms with Crippen molar-refractivity contribution >= 4 is 5.78 Å². The Labute approximate surface area is 159 Å². The quantitative estimate of drug-likeness (QED) is 0.592. The van der Waals surface area contributed by atoms with Gasteiger partial charge in [-0.2, -0.15) is 0 Å². The average Bonchev–Trinajstić information content (AvgIpc) is 2.71. The minimum absolute atomic E-state index is 0.445. The highest BCUT2D eigenvalue weighted by Crippen LogP contribution is 2.42. The molecule has 0 amide bonds. The van der Waals surface area contributed by atoms with Crippen molar-refractivity contribution in [1.29, 1.82) is 0 Å². The zero-order valence-electron chi connectivity index (χ0n) is 15.6. The van der Waals surface area contributed by atoms with Gasteiger partial charge >= 0.3 is 0 Å². The lowest BCUT2D eigenvalue weighted by Gasteiger charge is -2.35. The Morgan fingerprint density at radius 1 is 0.667 bits per heavy atom. The Balaban J connectivity index is 1.37. The maximum absolute atomic E-state index is 13.5. The summed E-state index contributed by atoms with van der Waals surface area (Å²) in [6.07, 6.45) is 8.70. The predicted octanol–water partition coefficient (Wildman–Crippen LogP) is 6.66. The molecule has 2 aliphatic carbocycles. The first-order valence-corrected chi connectivity index (χ1v) is 10.2. The summed E-state index contributed by atoms with van der Waals surface area (Å²) in [5, 5.41) is 0. The van der Waals surface area contributed by atoms with Gasteiger partial charge in [-0.3, -0.25) is 4.79 Å². The molecular formula is C24H26F2O. The molecule has 27 heavy (non-hydrogen) atoms. The third-order valence-corrected chi connectivity index (χ3v) is 6.66. The summed E-state index contributed by atoms with van der Waals surface area (Å²) >= 11 is 0. The summed E-state index contributed by atoms with van der Waals surface area (Å²) in [6.45, 7) is 0. The molecule has 2 aromatic carbocycles. The topological polar surface area (TPSA) is 17.1 Å². The molecule has 0 saturated heterocycles. The van der Waals surface area contributed by atoms with E-state index in [-0.39, 0.29) is 0 Å². The fourth-order valence-electron chi connectivity index (χ4n) is 4.98. The highest BCUT2D eigenvalue weighted by Gasteiger charge is 2.30. The Kier molecular flexibility index (Phi) is 5.38. The number of ketones is 1. The monoisotopic (exact) mass is 368 g/mol. The first-order chi connectivity index (χ1) is 13.1. The third-order valence-electron chi connectivity index (χ3n) is 6.66. The van der Waals surface area contributed by atoms with Crippen LogP contribution in [0.2, 0.25) is 0 Å². The van der Waals surface area contributed by atoms with Gasteiger partial charge in [0.25, 0.3) is 0 Å². The van der Waals surface area contributed by atoms with Crippen molar-refractivity contribution in [2.45, 2.75) is 57.3 Å². The maximum Gasteiger partial charge on any atom is 0.159 e. The normalized spacial score (nSPS) is 24.1. The van der Waals surface area contributed by atoms with E-state index in [9.17, 15) is 13.6 Å². The van der Waals surface area contributed by atoms with Gasteiger partial charge < -0.3 is 0 Å². The van der Waals surface area contributed by atoms with Gasteiger partial charge in [0.1, 0.15) is 5.78 Å². The Morgan fingerprint density at radius 2 is 1.26 bits per heavy atom. The molecule has 0 unspecified atom stereocenters. The van der Waals surface area contributed by atoms with Crippen LogP contribution in [0.15, 0.2) is 42.5 Å². The molecule has 0 atom stereocenters. The highest BCUT2D eigenvalue weighted by molar-refractivity contribution is 5.79. The second kappa shape index (κ2) is 7.92. The number of halogens is 2. The van der Waals surface area contributed by atoms with Crippen molar-refractivity contribution < 1.29 is 13.6 Å². The average molecular weight is 368 g/mol. The summed E-state index contributed by atoms with van der Waals surface area (Å²) in [7, 11) is 0. The second-order valence-corrected chi connectivity index (χ2v) is 8.24. The highest BCUT2D eigenvalue weighted by atomic mass is 19.2. The van der Waals surface area contributed by atoms with Crippen LogP contribution in [0.4, 0.5) is 8.78 Å². The molecule has 0 bridgehead atoms. The van der Waals surface area contributed by atoms with Gasteiger partial charge in [-0.15, -0.1) is 0 Å². The maximum atomic E-state index is 13.5. The molecule has 0 spiro atoms. The predicted molar refractivity (Wildman–Crippen MR) is 103 cm³/mol. The number of hydrogen-bond donors (Lipinski definition) is 0. The molecule has 0 aromatic heterocycles. The molecule has 4 rings (SSSR count). The van der Waals surface area contributed by atoms with Crippen LogP contribution < -0.4 is 0 Å². The van der Waals surface area contributed by atoms with Gasteiger partial charge in [0.15, 0.2) is 11.6 Å². The van der Waals surface area contributed by atoms with Crippen LogP contribution in [0.1, 0.15) is 62.8 Å². The number of Topliss-reactive ketones (excluding diaryl/α,β-unsaturated/α-hetero) is 1. The van der Waals surface area contributed by atoms with E-state index in [0.717, 1.165) is 43.1 Å². The molecule has 1 nitrogen and oxygen atoms in total. The van der Waals surface area contributed by atoms with Crippen LogP contribution >= 0.6 is 0 Å². The van der Waals surface area contributed by atoms with Crippen LogP contribution in [0.25, 0.3) is 11.1 Å². The summed E-state index contributed by atoms with van der Waals surface area (Å²) in [6, 6.07) is 12.4. The molecular weight excluding hydrogens is 342 g/mol. The Morgan fingerprint density at radius 3 is 1.89 bits per heavy atom. The van der Waals surface area contributed by atoms with Gasteiger partial charge in [0.2, 0.25) is 0 Å². The van der Waals surface area contributed by atoms with E-state index < -0.39 is 11.6 Å². The molecule has 142 valence electrons. The zero-order chi connectivity index (χ0) is 18.8. The van der Waals surface area contributed by atoms with E-state index in [2.05, 4.69) is 12.1 Å². The second-order valence-electron chi connectivity index (χ2n) is 8.24. The number of carbonyl (C=O) groups excluding carboxylic acids is 1. The SMILES string of the molecule is O=C1CCC(C2CCC(c3ccc(-c4ccc(F)c(F)c4)cc3)CC2)CC1. The summed E-state index contributed by atoms with van der Waals surface area (Å²) in [5.41, 5.74) is 2.97. The van der Waals surface area contributed by atoms with E-state index in [1.807, 2.05) is 12.1 Å². The molecule has 0 aliphatic heterocycles. The van der Waals surface area contributed by atoms with Gasteiger partial charge in [0, 0.05) is 12.8 Å². The van der Waals surface area contributed by atoms with Crippen LogP contribution in [-0.2, 0) is 4.79 Å². The van der Waals surface area contributed by atoms with Crippen molar-refractivity contribution in [3.63, 3.8) is 0 Å². The van der Waals surface area contributed by atoms with E-state index in [1.54, 1.807) is 6.07 Å². The molecule has 2 aliphatic rings. The summed E-state index contributed by atoms with van der Waals surface area (Å²) in [4.78, 5) is 11.5. The molecule has 2 fully saturated rings. The first kappa shape index (κ1) is 18.3. The van der Waals surface area contributed by atoms with E-state index in [1.165, 1.54) is 43.4 Å². The van der Waals surface area contributed by atoms with Crippen molar-refractivity contribution in [2.24, 2.45) is 11.8 Å². The molecule has 2 saturated carbocycles. The van der Waals surface area contributed by atoms with Gasteiger partial charge in [0.05, 0.1) is 0 Å². The number of carbonyl (C=O) groups is 1. The lowest BCUT2D eigenvalue weighted by molar-refractivity contribution is -0.121. The van der Waals surface area contributed by atoms with Crippen molar-refractivity contribution in [2.75, 3.05) is 0 Å². The summed E-state index contributed by atoms with van der Waals surface area (Å²) < 4.78 is 26.6. The lowest BCUT2D eigenvalue weighted by Crippen LogP contribution is -2.25. The van der Waals surface area contributed by atoms with Crippen molar-refractivity contribution in [1.82, 2.24) is 0 Å². The third kappa shape index (κ3) is 4.12. The number of hydrogen-bond acceptors (Lipinski definition) is 1. The summed E-state index contributed by atoms with van der Waals surface area (Å²) in [5.74, 6) is 0.954. The van der Waals surface area contributed by atoms with Gasteiger partial charge in [-0.1, -0.05) is 30.3 Å². The molecule has 0 N–H and O–H groups in total. The van der Waals surface area contributed by atoms with Crippen LogP contribution in [0.3, 0.4) is 0 Å². The van der Waals surface area contributed by atoms with Crippen molar-refractivity contribution in [3.05, 3.63) is 59.7 Å². The van der Waals surface area contributed by atoms with Crippen LogP contribution in [0.5, 0.6) is 0 Å². The molecule has 2 aromatic rings. The van der Waals surface area contributed by atoms with Crippen LogP contribution in [-0.4, -0.2) is 5.78 Å². The minimum Gasteiger partial charge on any atom is -0.300 e. The lowest BCUT2D eigenvalue weighted by atomic mass is 9.70. The minimum atomic E-state index is -0.811. The standard InChI is InChI=1S/C24H26F2O/c25-23-14-11-21(15-24(23)26)20-7-5-17(6-8-20)16-1-3-18(4-2-16)19-9-12-22(27)13-10-19/h5-8,11,14-16,18-19H,1-4,9-10,12-13H2. The largest absolute Gasteiger partial charge is 0.300 e. The molecule has 0 heterocycles. The zero-order valence-corrected chi connectivity index (χ0v) is 15.6. The van der Waals surface area contributed by atoms with Gasteiger partial charge in [-0.25, -0.2) is 8.78 Å². The Bertz CT molecular complexity index is 794.